The average Bonchev–Trinajstić information content (AvgIpc) is 2.87. The fourth-order valence-electron chi connectivity index (χ4n) is 3.42. The highest BCUT2D eigenvalue weighted by Gasteiger charge is 2.19. The van der Waals surface area contributed by atoms with Crippen LogP contribution in [0.1, 0.15) is 55.7 Å². The minimum atomic E-state index is 0.508. The first-order valence-electron chi connectivity index (χ1n) is 7.86. The maximum atomic E-state index is 5.70. The van der Waals surface area contributed by atoms with Gasteiger partial charge in [0.25, 0.3) is 0 Å². The van der Waals surface area contributed by atoms with Crippen molar-refractivity contribution in [3.8, 4) is 0 Å². The van der Waals surface area contributed by atoms with Crippen LogP contribution in [0.2, 0.25) is 0 Å². The lowest BCUT2D eigenvalue weighted by molar-refractivity contribution is 0.103. The number of aryl methyl sites for hydroxylation is 1. The Kier molecular flexibility index (Phi) is 4.52. The van der Waals surface area contributed by atoms with Crippen LogP contribution in [0.15, 0.2) is 24.3 Å². The van der Waals surface area contributed by atoms with E-state index in [1.807, 2.05) is 0 Å². The van der Waals surface area contributed by atoms with Crippen molar-refractivity contribution in [3.63, 3.8) is 0 Å². The topological polar surface area (TPSA) is 21.3 Å². The van der Waals surface area contributed by atoms with Gasteiger partial charge in [-0.3, -0.25) is 0 Å². The molecule has 2 atom stereocenters. The molecule has 0 radical (unpaired) electrons. The Bertz CT molecular complexity index is 398. The summed E-state index contributed by atoms with van der Waals surface area (Å²) in [6.07, 6.45) is 9.38. The molecule has 104 valence electrons. The summed E-state index contributed by atoms with van der Waals surface area (Å²) in [7, 11) is 0. The van der Waals surface area contributed by atoms with Gasteiger partial charge in [-0.2, -0.15) is 0 Å². The highest BCUT2D eigenvalue weighted by atomic mass is 16.5. The number of hydrogen-bond acceptors (Lipinski definition) is 2. The molecule has 0 saturated carbocycles. The van der Waals surface area contributed by atoms with E-state index in [2.05, 4.69) is 29.6 Å². The largest absolute Gasteiger partial charge is 0.378 e. The van der Waals surface area contributed by atoms with Crippen LogP contribution in [0.4, 0.5) is 0 Å². The van der Waals surface area contributed by atoms with E-state index >= 15 is 0 Å². The summed E-state index contributed by atoms with van der Waals surface area (Å²) < 4.78 is 5.70. The molecule has 2 aliphatic rings. The van der Waals surface area contributed by atoms with E-state index in [0.29, 0.717) is 12.1 Å². The summed E-state index contributed by atoms with van der Waals surface area (Å²) in [5.74, 6) is 0. The lowest BCUT2D eigenvalue weighted by atomic mass is 9.99. The standard InChI is InChI=1S/C17H25NO/c1-3-9-16-14(6-1)7-2-4-10-17(16)18-12-11-15-8-5-13-19-15/h1,3,6,9,15,17-18H,2,4-5,7-8,10-13H2. The third kappa shape index (κ3) is 3.37. The van der Waals surface area contributed by atoms with E-state index in [4.69, 9.17) is 4.74 Å². The fourth-order valence-corrected chi connectivity index (χ4v) is 3.42. The second-order valence-corrected chi connectivity index (χ2v) is 5.88. The maximum absolute atomic E-state index is 5.70. The van der Waals surface area contributed by atoms with Gasteiger partial charge in [0.1, 0.15) is 0 Å². The lowest BCUT2D eigenvalue weighted by Gasteiger charge is -2.20. The quantitative estimate of drug-likeness (QED) is 0.834. The van der Waals surface area contributed by atoms with Crippen molar-refractivity contribution >= 4 is 0 Å². The molecule has 2 unspecified atom stereocenters. The van der Waals surface area contributed by atoms with Gasteiger partial charge in [-0.25, -0.2) is 0 Å². The zero-order chi connectivity index (χ0) is 12.9. The Balaban J connectivity index is 1.57. The molecular formula is C17H25NO. The van der Waals surface area contributed by atoms with Gasteiger partial charge < -0.3 is 10.1 Å². The molecule has 0 spiro atoms. The van der Waals surface area contributed by atoms with Crippen LogP contribution in [0.3, 0.4) is 0 Å². The molecule has 1 fully saturated rings. The summed E-state index contributed by atoms with van der Waals surface area (Å²) in [5.41, 5.74) is 3.09. The number of rotatable bonds is 4. The number of fused-ring (bicyclic) bond motifs is 1. The van der Waals surface area contributed by atoms with Crippen molar-refractivity contribution in [1.82, 2.24) is 5.32 Å². The SMILES string of the molecule is c1ccc2c(c1)CCCCC2NCCC1CCCO1. The molecule has 1 N–H and O–H groups in total. The zero-order valence-electron chi connectivity index (χ0n) is 11.7. The second kappa shape index (κ2) is 6.53. The molecule has 1 saturated heterocycles. The summed E-state index contributed by atoms with van der Waals surface area (Å²) in [6, 6.07) is 9.52. The lowest BCUT2D eigenvalue weighted by Crippen LogP contribution is -2.25. The fraction of sp³-hybridized carbons (Fsp3) is 0.647. The van der Waals surface area contributed by atoms with Crippen molar-refractivity contribution in [2.75, 3.05) is 13.2 Å². The third-order valence-electron chi connectivity index (χ3n) is 4.50. The van der Waals surface area contributed by atoms with Crippen molar-refractivity contribution in [2.45, 2.75) is 57.1 Å². The normalized spacial score (nSPS) is 26.9. The zero-order valence-corrected chi connectivity index (χ0v) is 11.7. The molecule has 1 aromatic rings. The number of nitrogens with one attached hydrogen (secondary N) is 1. The minimum Gasteiger partial charge on any atom is -0.378 e. The van der Waals surface area contributed by atoms with Crippen molar-refractivity contribution in [3.05, 3.63) is 35.4 Å². The van der Waals surface area contributed by atoms with E-state index in [9.17, 15) is 0 Å². The molecule has 1 aromatic carbocycles. The van der Waals surface area contributed by atoms with E-state index in [1.165, 1.54) is 50.5 Å². The van der Waals surface area contributed by atoms with Crippen molar-refractivity contribution < 1.29 is 4.74 Å². The minimum absolute atomic E-state index is 0.508. The highest BCUT2D eigenvalue weighted by Crippen LogP contribution is 2.28. The predicted molar refractivity (Wildman–Crippen MR) is 78.3 cm³/mol. The molecule has 1 aliphatic carbocycles. The van der Waals surface area contributed by atoms with E-state index < -0.39 is 0 Å². The molecule has 0 bridgehead atoms. The van der Waals surface area contributed by atoms with Gasteiger partial charge >= 0.3 is 0 Å². The summed E-state index contributed by atoms with van der Waals surface area (Å²) >= 11 is 0. The van der Waals surface area contributed by atoms with Gasteiger partial charge in [-0.05, 0) is 56.2 Å². The van der Waals surface area contributed by atoms with Crippen molar-refractivity contribution in [2.24, 2.45) is 0 Å². The van der Waals surface area contributed by atoms with Crippen LogP contribution in [-0.2, 0) is 11.2 Å². The van der Waals surface area contributed by atoms with Crippen LogP contribution in [-0.4, -0.2) is 19.3 Å². The van der Waals surface area contributed by atoms with Gasteiger partial charge in [0.2, 0.25) is 0 Å². The monoisotopic (exact) mass is 259 g/mol. The molecule has 0 amide bonds. The average molecular weight is 259 g/mol. The molecule has 2 heteroatoms. The number of ether oxygens (including phenoxy) is 1. The first-order valence-corrected chi connectivity index (χ1v) is 7.86. The Morgan fingerprint density at radius 1 is 1.11 bits per heavy atom. The maximum Gasteiger partial charge on any atom is 0.0588 e. The Hall–Kier alpha value is -0.860. The molecule has 3 rings (SSSR count). The highest BCUT2D eigenvalue weighted by molar-refractivity contribution is 5.31. The van der Waals surface area contributed by atoms with Gasteiger partial charge in [0, 0.05) is 12.6 Å². The summed E-state index contributed by atoms with van der Waals surface area (Å²) in [4.78, 5) is 0. The third-order valence-corrected chi connectivity index (χ3v) is 4.50. The van der Waals surface area contributed by atoms with E-state index in [1.54, 1.807) is 5.56 Å². The first kappa shape index (κ1) is 13.1. The van der Waals surface area contributed by atoms with Crippen LogP contribution in [0.25, 0.3) is 0 Å². The molecule has 19 heavy (non-hydrogen) atoms. The molecule has 1 heterocycles. The van der Waals surface area contributed by atoms with Crippen LogP contribution in [0.5, 0.6) is 0 Å². The van der Waals surface area contributed by atoms with E-state index in [0.717, 1.165) is 13.2 Å². The van der Waals surface area contributed by atoms with E-state index in [-0.39, 0.29) is 0 Å². The number of benzene rings is 1. The van der Waals surface area contributed by atoms with Crippen LogP contribution in [0, 0.1) is 0 Å². The summed E-state index contributed by atoms with van der Waals surface area (Å²) in [6.45, 7) is 2.06. The smallest absolute Gasteiger partial charge is 0.0588 e. The molecular weight excluding hydrogens is 234 g/mol. The van der Waals surface area contributed by atoms with Crippen LogP contribution < -0.4 is 5.32 Å². The number of hydrogen-bond donors (Lipinski definition) is 1. The van der Waals surface area contributed by atoms with Crippen LogP contribution >= 0.6 is 0 Å². The van der Waals surface area contributed by atoms with Gasteiger partial charge in [0.15, 0.2) is 0 Å². The van der Waals surface area contributed by atoms with Crippen molar-refractivity contribution in [1.29, 1.82) is 0 Å². The van der Waals surface area contributed by atoms with Gasteiger partial charge in [-0.1, -0.05) is 30.7 Å². The Morgan fingerprint density at radius 2 is 2.05 bits per heavy atom. The Morgan fingerprint density at radius 3 is 2.95 bits per heavy atom. The summed E-state index contributed by atoms with van der Waals surface area (Å²) in [5, 5.41) is 3.76. The Labute approximate surface area is 116 Å². The second-order valence-electron chi connectivity index (χ2n) is 5.88. The molecule has 1 aliphatic heterocycles. The molecule has 2 nitrogen and oxygen atoms in total. The predicted octanol–water partition coefficient (Wildman–Crippen LogP) is 3.61. The van der Waals surface area contributed by atoms with Gasteiger partial charge in [0.05, 0.1) is 6.10 Å². The first-order chi connectivity index (χ1) is 9.43. The molecule has 0 aromatic heterocycles. The van der Waals surface area contributed by atoms with Gasteiger partial charge in [-0.15, -0.1) is 0 Å².